The molecular formula is C28H23NO5. The fraction of sp³-hybridized carbons (Fsp3) is 0.143. The monoisotopic (exact) mass is 453 g/mol. The van der Waals surface area contributed by atoms with Crippen molar-refractivity contribution in [1.29, 1.82) is 0 Å². The lowest BCUT2D eigenvalue weighted by molar-refractivity contribution is -0.139. The van der Waals surface area contributed by atoms with Gasteiger partial charge in [-0.15, -0.1) is 0 Å². The van der Waals surface area contributed by atoms with Crippen molar-refractivity contribution >= 4 is 22.8 Å². The standard InChI is InChI=1S/C28H23NO5/c30-26-14-13-17(18-7-1-6-12-23(18)26)15-25(27(31)32)29-28(33)34-16-24-21-10-4-2-8-19(21)20-9-3-5-11-22(20)24/h1-14,24-25,30H,15-16H2,(H,29,33)(H,31,32). The smallest absolute Gasteiger partial charge is 0.407 e. The van der Waals surface area contributed by atoms with Gasteiger partial charge in [-0.3, -0.25) is 0 Å². The summed E-state index contributed by atoms with van der Waals surface area (Å²) in [5.41, 5.74) is 5.12. The van der Waals surface area contributed by atoms with Crippen molar-refractivity contribution in [3.63, 3.8) is 0 Å². The van der Waals surface area contributed by atoms with Gasteiger partial charge in [0.05, 0.1) is 0 Å². The van der Waals surface area contributed by atoms with Gasteiger partial charge in [-0.2, -0.15) is 0 Å². The number of carbonyl (C=O) groups is 2. The summed E-state index contributed by atoms with van der Waals surface area (Å²) in [5, 5.41) is 23.7. The van der Waals surface area contributed by atoms with Crippen LogP contribution in [-0.4, -0.2) is 34.9 Å². The van der Waals surface area contributed by atoms with Crippen molar-refractivity contribution in [2.24, 2.45) is 0 Å². The van der Waals surface area contributed by atoms with E-state index in [2.05, 4.69) is 17.4 Å². The number of fused-ring (bicyclic) bond motifs is 4. The third kappa shape index (κ3) is 3.94. The zero-order chi connectivity index (χ0) is 23.7. The highest BCUT2D eigenvalue weighted by Crippen LogP contribution is 2.44. The van der Waals surface area contributed by atoms with E-state index in [1.807, 2.05) is 48.5 Å². The average molecular weight is 453 g/mol. The number of benzene rings is 4. The van der Waals surface area contributed by atoms with Crippen LogP contribution in [-0.2, 0) is 16.0 Å². The first-order valence-corrected chi connectivity index (χ1v) is 11.1. The summed E-state index contributed by atoms with van der Waals surface area (Å²) in [7, 11) is 0. The minimum absolute atomic E-state index is 0.0559. The SMILES string of the molecule is O=C(NC(Cc1ccc(O)c2ccccc12)C(=O)O)OCC1c2ccccc2-c2ccccc21. The summed E-state index contributed by atoms with van der Waals surface area (Å²) >= 11 is 0. The highest BCUT2D eigenvalue weighted by Gasteiger charge is 2.30. The molecule has 0 saturated carbocycles. The molecule has 0 fully saturated rings. The van der Waals surface area contributed by atoms with E-state index < -0.39 is 18.1 Å². The molecule has 1 amide bonds. The highest BCUT2D eigenvalue weighted by molar-refractivity contribution is 5.91. The Labute approximate surface area is 196 Å². The van der Waals surface area contributed by atoms with E-state index in [4.69, 9.17) is 4.74 Å². The number of amides is 1. The van der Waals surface area contributed by atoms with Crippen LogP contribution in [0.5, 0.6) is 5.75 Å². The van der Waals surface area contributed by atoms with Crippen molar-refractivity contribution in [1.82, 2.24) is 5.32 Å². The zero-order valence-electron chi connectivity index (χ0n) is 18.3. The lowest BCUT2D eigenvalue weighted by Gasteiger charge is -2.18. The molecule has 0 saturated heterocycles. The van der Waals surface area contributed by atoms with Gasteiger partial charge in [0, 0.05) is 17.7 Å². The number of alkyl carbamates (subject to hydrolysis) is 1. The van der Waals surface area contributed by atoms with Gasteiger partial charge in [0.1, 0.15) is 18.4 Å². The van der Waals surface area contributed by atoms with Gasteiger partial charge in [-0.1, -0.05) is 78.9 Å². The van der Waals surface area contributed by atoms with E-state index in [1.165, 1.54) is 6.07 Å². The van der Waals surface area contributed by atoms with Crippen LogP contribution < -0.4 is 5.32 Å². The van der Waals surface area contributed by atoms with E-state index in [9.17, 15) is 19.8 Å². The Balaban J connectivity index is 1.30. The maximum atomic E-state index is 12.6. The predicted octanol–water partition coefficient (Wildman–Crippen LogP) is 5.08. The van der Waals surface area contributed by atoms with E-state index >= 15 is 0 Å². The Morgan fingerprint density at radius 2 is 1.41 bits per heavy atom. The molecule has 0 bridgehead atoms. The predicted molar refractivity (Wildman–Crippen MR) is 129 cm³/mol. The summed E-state index contributed by atoms with van der Waals surface area (Å²) in [4.78, 5) is 24.5. The summed E-state index contributed by atoms with van der Waals surface area (Å²) < 4.78 is 5.51. The van der Waals surface area contributed by atoms with Gasteiger partial charge >= 0.3 is 12.1 Å². The van der Waals surface area contributed by atoms with Crippen molar-refractivity contribution in [2.75, 3.05) is 6.61 Å². The number of aliphatic carboxylic acids is 1. The second-order valence-electron chi connectivity index (χ2n) is 8.35. The fourth-order valence-electron chi connectivity index (χ4n) is 4.73. The maximum absolute atomic E-state index is 12.6. The molecule has 34 heavy (non-hydrogen) atoms. The number of phenols is 1. The number of carboxylic acid groups (broad SMARTS) is 1. The van der Waals surface area contributed by atoms with E-state index in [-0.39, 0.29) is 24.7 Å². The molecule has 0 heterocycles. The summed E-state index contributed by atoms with van der Waals surface area (Å²) in [6, 6.07) is 25.3. The number of carboxylic acids is 1. The molecule has 170 valence electrons. The van der Waals surface area contributed by atoms with Gasteiger partial charge in [0.15, 0.2) is 0 Å². The molecule has 4 aromatic rings. The molecule has 6 heteroatoms. The van der Waals surface area contributed by atoms with Crippen LogP contribution in [0.15, 0.2) is 84.9 Å². The number of hydrogen-bond acceptors (Lipinski definition) is 4. The molecule has 4 aromatic carbocycles. The topological polar surface area (TPSA) is 95.9 Å². The van der Waals surface area contributed by atoms with Gasteiger partial charge in [0.2, 0.25) is 0 Å². The van der Waals surface area contributed by atoms with Crippen LogP contribution in [0.4, 0.5) is 4.79 Å². The minimum Gasteiger partial charge on any atom is -0.507 e. The molecule has 1 aliphatic carbocycles. The number of rotatable bonds is 6. The Morgan fingerprint density at radius 3 is 2.06 bits per heavy atom. The van der Waals surface area contributed by atoms with Crippen LogP contribution in [0.3, 0.4) is 0 Å². The summed E-state index contributed by atoms with van der Waals surface area (Å²) in [6.45, 7) is 0.105. The third-order valence-corrected chi connectivity index (χ3v) is 6.35. The molecule has 3 N–H and O–H groups in total. The average Bonchev–Trinajstić information content (AvgIpc) is 3.18. The molecule has 1 aliphatic rings. The first-order chi connectivity index (χ1) is 16.5. The Kier molecular flexibility index (Phi) is 5.64. The second kappa shape index (κ2) is 8.90. The number of phenolic OH excluding ortho intramolecular Hbond substituents is 1. The van der Waals surface area contributed by atoms with Crippen LogP contribution in [0.1, 0.15) is 22.6 Å². The van der Waals surface area contributed by atoms with Crippen molar-refractivity contribution in [3.8, 4) is 16.9 Å². The summed E-state index contributed by atoms with van der Waals surface area (Å²) in [6.07, 6.45) is -0.724. The number of ether oxygens (including phenoxy) is 1. The van der Waals surface area contributed by atoms with Gasteiger partial charge in [0.25, 0.3) is 0 Å². The fourth-order valence-corrected chi connectivity index (χ4v) is 4.73. The lowest BCUT2D eigenvalue weighted by atomic mass is 9.98. The van der Waals surface area contributed by atoms with Crippen LogP contribution >= 0.6 is 0 Å². The number of carbonyl (C=O) groups excluding carboxylic acids is 1. The van der Waals surface area contributed by atoms with E-state index in [1.54, 1.807) is 18.2 Å². The first kappa shape index (κ1) is 21.5. The van der Waals surface area contributed by atoms with Crippen molar-refractivity contribution < 1.29 is 24.5 Å². The lowest BCUT2D eigenvalue weighted by Crippen LogP contribution is -2.43. The Hall–Kier alpha value is -4.32. The number of nitrogens with one attached hydrogen (secondary N) is 1. The molecule has 0 aliphatic heterocycles. The van der Waals surface area contributed by atoms with Crippen LogP contribution in [0, 0.1) is 0 Å². The van der Waals surface area contributed by atoms with Crippen molar-refractivity contribution in [2.45, 2.75) is 18.4 Å². The Morgan fingerprint density at radius 1 is 0.824 bits per heavy atom. The molecule has 0 aromatic heterocycles. The maximum Gasteiger partial charge on any atom is 0.407 e. The van der Waals surface area contributed by atoms with Crippen LogP contribution in [0.2, 0.25) is 0 Å². The molecule has 0 radical (unpaired) electrons. The quantitative estimate of drug-likeness (QED) is 0.378. The minimum atomic E-state index is -1.18. The zero-order valence-corrected chi connectivity index (χ0v) is 18.3. The molecule has 6 nitrogen and oxygen atoms in total. The van der Waals surface area contributed by atoms with Crippen molar-refractivity contribution in [3.05, 3.63) is 102 Å². The van der Waals surface area contributed by atoms with E-state index in [0.717, 1.165) is 27.6 Å². The number of aromatic hydroxyl groups is 1. The van der Waals surface area contributed by atoms with Gasteiger partial charge in [-0.05, 0) is 39.3 Å². The molecule has 1 atom stereocenters. The van der Waals surface area contributed by atoms with Gasteiger partial charge < -0.3 is 20.3 Å². The second-order valence-corrected chi connectivity index (χ2v) is 8.35. The summed E-state index contributed by atoms with van der Waals surface area (Å²) in [5.74, 6) is -1.15. The van der Waals surface area contributed by atoms with Gasteiger partial charge in [-0.25, -0.2) is 9.59 Å². The highest BCUT2D eigenvalue weighted by atomic mass is 16.5. The molecule has 0 spiro atoms. The van der Waals surface area contributed by atoms with Crippen LogP contribution in [0.25, 0.3) is 21.9 Å². The Bertz CT molecular complexity index is 1350. The number of hydrogen-bond donors (Lipinski definition) is 3. The normalized spacial score (nSPS) is 13.2. The van der Waals surface area contributed by atoms with E-state index in [0.29, 0.717) is 10.9 Å². The molecule has 1 unspecified atom stereocenters. The largest absolute Gasteiger partial charge is 0.507 e. The third-order valence-electron chi connectivity index (χ3n) is 6.35. The molecule has 5 rings (SSSR count). The first-order valence-electron chi connectivity index (χ1n) is 11.1. The molecular weight excluding hydrogens is 430 g/mol.